The summed E-state index contributed by atoms with van der Waals surface area (Å²) in [5.74, 6) is 1.79. The van der Waals surface area contributed by atoms with Crippen LogP contribution in [0.2, 0.25) is 0 Å². The molecule has 1 aromatic carbocycles. The van der Waals surface area contributed by atoms with E-state index in [0.717, 1.165) is 5.56 Å². The molecule has 2 rings (SSSR count). The Morgan fingerprint density at radius 3 is 2.27 bits per heavy atom. The molecule has 0 fully saturated rings. The van der Waals surface area contributed by atoms with Crippen LogP contribution in [-0.4, -0.2) is 61.5 Å². The minimum atomic E-state index is -0.425. The van der Waals surface area contributed by atoms with E-state index in [4.69, 9.17) is 24.7 Å². The number of hydrogen-bond acceptors (Lipinski definition) is 8. The lowest BCUT2D eigenvalue weighted by molar-refractivity contribution is -0.115. The van der Waals surface area contributed by atoms with Crippen molar-refractivity contribution in [1.82, 2.24) is 14.8 Å². The van der Waals surface area contributed by atoms with E-state index in [1.165, 1.54) is 11.8 Å². The monoisotopic (exact) mass is 382 g/mol. The van der Waals surface area contributed by atoms with E-state index in [-0.39, 0.29) is 5.75 Å². The number of benzene rings is 1. The summed E-state index contributed by atoms with van der Waals surface area (Å²) in [5, 5.41) is 9.00. The molecule has 0 aliphatic rings. The van der Waals surface area contributed by atoms with Crippen LogP contribution in [0.3, 0.4) is 0 Å². The maximum absolute atomic E-state index is 11.1. The van der Waals surface area contributed by atoms with Crippen LogP contribution < -0.4 is 19.9 Å². The number of methoxy groups -OCH3 is 4. The number of nitrogens with two attached hydrogens (primary N) is 1. The average molecular weight is 382 g/mol. The van der Waals surface area contributed by atoms with Crippen molar-refractivity contribution in [2.24, 2.45) is 5.73 Å². The van der Waals surface area contributed by atoms with Gasteiger partial charge < -0.3 is 24.7 Å². The lowest BCUT2D eigenvalue weighted by Gasteiger charge is -2.15. The summed E-state index contributed by atoms with van der Waals surface area (Å²) < 4.78 is 23.2. The maximum atomic E-state index is 11.1. The highest BCUT2D eigenvalue weighted by molar-refractivity contribution is 7.99. The molecule has 2 aromatic rings. The van der Waals surface area contributed by atoms with Gasteiger partial charge in [-0.15, -0.1) is 10.2 Å². The molecule has 0 atom stereocenters. The molecule has 0 radical (unpaired) electrons. The zero-order valence-electron chi connectivity index (χ0n) is 15.1. The second-order valence-electron chi connectivity index (χ2n) is 5.12. The highest BCUT2D eigenvalue weighted by Crippen LogP contribution is 2.41. The van der Waals surface area contributed by atoms with Crippen molar-refractivity contribution in [1.29, 1.82) is 0 Å². The third-order valence-electron chi connectivity index (χ3n) is 3.50. The van der Waals surface area contributed by atoms with Crippen LogP contribution in [0.4, 0.5) is 0 Å². The van der Waals surface area contributed by atoms with Gasteiger partial charge in [0, 0.05) is 12.7 Å². The van der Waals surface area contributed by atoms with E-state index < -0.39 is 5.91 Å². The quantitative estimate of drug-likeness (QED) is 0.610. The first-order chi connectivity index (χ1) is 12.5. The van der Waals surface area contributed by atoms with Gasteiger partial charge in [0.1, 0.15) is 0 Å². The number of carbonyl (C=O) groups excluding carboxylic acids is 1. The molecule has 1 heterocycles. The Morgan fingerprint density at radius 2 is 1.77 bits per heavy atom. The molecule has 2 N–H and O–H groups in total. The first-order valence-electron chi connectivity index (χ1n) is 7.69. The van der Waals surface area contributed by atoms with E-state index in [1.54, 1.807) is 40.6 Å². The van der Waals surface area contributed by atoms with E-state index >= 15 is 0 Å². The van der Waals surface area contributed by atoms with Gasteiger partial charge in [-0.3, -0.25) is 9.36 Å². The number of rotatable bonds is 10. The van der Waals surface area contributed by atoms with Gasteiger partial charge in [0.15, 0.2) is 22.5 Å². The zero-order valence-corrected chi connectivity index (χ0v) is 16.0. The zero-order chi connectivity index (χ0) is 19.1. The van der Waals surface area contributed by atoms with Crippen LogP contribution in [0.5, 0.6) is 17.2 Å². The summed E-state index contributed by atoms with van der Waals surface area (Å²) >= 11 is 1.22. The molecular formula is C16H22N4O5S. The van der Waals surface area contributed by atoms with E-state index in [9.17, 15) is 4.79 Å². The topological polar surface area (TPSA) is 111 Å². The summed E-state index contributed by atoms with van der Waals surface area (Å²) in [6, 6.07) is 3.58. The number of aromatic nitrogens is 3. The Hall–Kier alpha value is -2.46. The van der Waals surface area contributed by atoms with Crippen LogP contribution in [-0.2, 0) is 16.1 Å². The molecule has 1 aromatic heterocycles. The van der Waals surface area contributed by atoms with Crippen molar-refractivity contribution in [3.8, 4) is 28.6 Å². The van der Waals surface area contributed by atoms with Crippen LogP contribution in [0, 0.1) is 0 Å². The first kappa shape index (κ1) is 19.9. The van der Waals surface area contributed by atoms with Gasteiger partial charge in [-0.25, -0.2) is 0 Å². The van der Waals surface area contributed by atoms with Crippen LogP contribution in [0.25, 0.3) is 11.4 Å². The highest BCUT2D eigenvalue weighted by atomic mass is 32.2. The first-order valence-corrected chi connectivity index (χ1v) is 8.67. The largest absolute Gasteiger partial charge is 0.493 e. The molecule has 0 spiro atoms. The molecule has 1 amide bonds. The molecule has 142 valence electrons. The molecule has 0 aliphatic carbocycles. The molecular weight excluding hydrogens is 360 g/mol. The van der Waals surface area contributed by atoms with Gasteiger partial charge in [-0.05, 0) is 12.1 Å². The van der Waals surface area contributed by atoms with Gasteiger partial charge in [-0.2, -0.15) is 0 Å². The normalized spacial score (nSPS) is 10.6. The fourth-order valence-electron chi connectivity index (χ4n) is 2.34. The Balaban J connectivity index is 2.51. The van der Waals surface area contributed by atoms with Crippen molar-refractivity contribution < 1.29 is 23.7 Å². The molecule has 0 saturated heterocycles. The van der Waals surface area contributed by atoms with Gasteiger partial charge in [0.25, 0.3) is 0 Å². The Labute approximate surface area is 155 Å². The van der Waals surface area contributed by atoms with Gasteiger partial charge in [0.05, 0.1) is 40.2 Å². The van der Waals surface area contributed by atoms with Crippen molar-refractivity contribution in [3.63, 3.8) is 0 Å². The third kappa shape index (κ3) is 4.38. The summed E-state index contributed by atoms with van der Waals surface area (Å²) in [5.41, 5.74) is 5.96. The number of thioether (sulfide) groups is 1. The van der Waals surface area contributed by atoms with Crippen LogP contribution in [0.15, 0.2) is 17.3 Å². The Bertz CT molecular complexity index is 740. The Kier molecular flexibility index (Phi) is 7.10. The summed E-state index contributed by atoms with van der Waals surface area (Å²) in [4.78, 5) is 11.1. The fourth-order valence-corrected chi connectivity index (χ4v) is 3.04. The van der Waals surface area contributed by atoms with E-state index in [1.807, 2.05) is 4.57 Å². The number of ether oxygens (including phenoxy) is 4. The predicted molar refractivity (Wildman–Crippen MR) is 96.9 cm³/mol. The van der Waals surface area contributed by atoms with Crippen LogP contribution in [0.1, 0.15) is 0 Å². The standard InChI is InChI=1S/C16H22N4O5S/c1-22-6-5-20-15(18-19-16(20)26-9-13(17)21)10-7-11(23-2)14(25-4)12(8-10)24-3/h7-8H,5-6,9H2,1-4H3,(H2,17,21). The highest BCUT2D eigenvalue weighted by Gasteiger charge is 2.20. The van der Waals surface area contributed by atoms with Gasteiger partial charge >= 0.3 is 0 Å². The van der Waals surface area contributed by atoms with Crippen molar-refractivity contribution in [2.75, 3.05) is 40.8 Å². The van der Waals surface area contributed by atoms with Gasteiger partial charge in [0.2, 0.25) is 11.7 Å². The average Bonchev–Trinajstić information content (AvgIpc) is 3.05. The number of nitrogens with zero attached hydrogens (tertiary/aromatic N) is 3. The van der Waals surface area contributed by atoms with Crippen LogP contribution >= 0.6 is 11.8 Å². The maximum Gasteiger partial charge on any atom is 0.227 e. The summed E-state index contributed by atoms with van der Waals surface area (Å²) in [6.45, 7) is 0.968. The lowest BCUT2D eigenvalue weighted by atomic mass is 10.1. The molecule has 9 nitrogen and oxygen atoms in total. The molecule has 10 heteroatoms. The second kappa shape index (κ2) is 9.30. The molecule has 26 heavy (non-hydrogen) atoms. The smallest absolute Gasteiger partial charge is 0.227 e. The van der Waals surface area contributed by atoms with E-state index in [0.29, 0.717) is 41.4 Å². The molecule has 0 aliphatic heterocycles. The Morgan fingerprint density at radius 1 is 1.12 bits per heavy atom. The summed E-state index contributed by atoms with van der Waals surface area (Å²) in [6.07, 6.45) is 0. The third-order valence-corrected chi connectivity index (χ3v) is 4.49. The number of hydrogen-bond donors (Lipinski definition) is 1. The molecule has 0 bridgehead atoms. The minimum Gasteiger partial charge on any atom is -0.493 e. The number of primary amides is 1. The second-order valence-corrected chi connectivity index (χ2v) is 6.06. The van der Waals surface area contributed by atoms with Crippen molar-refractivity contribution in [3.05, 3.63) is 12.1 Å². The molecule has 0 unspecified atom stereocenters. The summed E-state index contributed by atoms with van der Waals surface area (Å²) in [7, 11) is 6.25. The van der Waals surface area contributed by atoms with Gasteiger partial charge in [-0.1, -0.05) is 11.8 Å². The lowest BCUT2D eigenvalue weighted by Crippen LogP contribution is -2.14. The SMILES string of the molecule is COCCn1c(SCC(N)=O)nnc1-c1cc(OC)c(OC)c(OC)c1. The van der Waals surface area contributed by atoms with E-state index in [2.05, 4.69) is 10.2 Å². The fraction of sp³-hybridized carbons (Fsp3) is 0.438. The molecule has 0 saturated carbocycles. The predicted octanol–water partition coefficient (Wildman–Crippen LogP) is 1.19. The minimum absolute atomic E-state index is 0.111. The number of carbonyl (C=O) groups is 1. The number of amides is 1. The van der Waals surface area contributed by atoms with Crippen molar-refractivity contribution >= 4 is 17.7 Å². The van der Waals surface area contributed by atoms with Crippen molar-refractivity contribution in [2.45, 2.75) is 11.7 Å².